The second kappa shape index (κ2) is 13.1. The monoisotopic (exact) mass is 616 g/mol. The van der Waals surface area contributed by atoms with Gasteiger partial charge in [0, 0.05) is 6.42 Å². The fraction of sp³-hybridized carbons (Fsp3) is 0.444. The molecule has 43 heavy (non-hydrogen) atoms. The number of aliphatic hydroxyl groups excluding tert-OH is 1. The van der Waals surface area contributed by atoms with Crippen LogP contribution in [-0.4, -0.2) is 68.2 Å². The number of ether oxygens (including phenoxy) is 3. The number of hydrogen-bond donors (Lipinski definition) is 3. The van der Waals surface area contributed by atoms with Crippen LogP contribution in [0, 0.1) is 11.3 Å². The number of nitriles is 1. The number of nitrogens with zero attached hydrogens (tertiary/aromatic N) is 4. The van der Waals surface area contributed by atoms with E-state index in [0.29, 0.717) is 5.52 Å². The Kier molecular flexibility index (Phi) is 9.69. The Hall–Kier alpha value is -4.06. The summed E-state index contributed by atoms with van der Waals surface area (Å²) >= 11 is 0. The molecule has 4 N–H and O–H groups in total. The van der Waals surface area contributed by atoms with E-state index in [1.54, 1.807) is 44.2 Å². The molecule has 3 aromatic rings. The number of nitrogens with two attached hydrogens (primary N) is 1. The van der Waals surface area contributed by atoms with Crippen LogP contribution in [-0.2, 0) is 32.9 Å². The number of rotatable bonds is 12. The lowest BCUT2D eigenvalue weighted by Crippen LogP contribution is -2.49. The number of anilines is 1. The Labute approximate surface area is 247 Å². The number of esters is 2. The molecule has 0 radical (unpaired) electrons. The van der Waals surface area contributed by atoms with Crippen molar-refractivity contribution in [2.24, 2.45) is 0 Å². The fourth-order valence-corrected chi connectivity index (χ4v) is 5.89. The summed E-state index contributed by atoms with van der Waals surface area (Å²) in [6, 6.07) is 11.9. The molecule has 1 fully saturated rings. The maximum atomic E-state index is 14.1. The predicted molar refractivity (Wildman–Crippen MR) is 150 cm³/mol. The van der Waals surface area contributed by atoms with Crippen LogP contribution >= 0.6 is 7.75 Å². The molecule has 1 saturated heterocycles. The first-order valence-corrected chi connectivity index (χ1v) is 15.0. The molecule has 1 aromatic carbocycles. The lowest BCUT2D eigenvalue weighted by atomic mass is 9.96. The third-order valence-corrected chi connectivity index (χ3v) is 8.05. The Bertz CT molecular complexity index is 1540. The van der Waals surface area contributed by atoms with Gasteiger partial charge in [-0.15, -0.1) is 0 Å². The third kappa shape index (κ3) is 6.96. The van der Waals surface area contributed by atoms with Crippen molar-refractivity contribution in [3.63, 3.8) is 0 Å². The molecule has 0 amide bonds. The van der Waals surface area contributed by atoms with Crippen molar-refractivity contribution in [1.29, 1.82) is 5.26 Å². The van der Waals surface area contributed by atoms with Crippen LogP contribution in [0.3, 0.4) is 0 Å². The lowest BCUT2D eigenvalue weighted by Gasteiger charge is -2.30. The van der Waals surface area contributed by atoms with Gasteiger partial charge in [-0.05, 0) is 45.0 Å². The first-order valence-electron chi connectivity index (χ1n) is 13.4. The molecular weight excluding hydrogens is 583 g/mol. The molecule has 1 aliphatic heterocycles. The molecule has 0 bridgehead atoms. The van der Waals surface area contributed by atoms with Crippen LogP contribution in [0.5, 0.6) is 5.75 Å². The van der Waals surface area contributed by atoms with E-state index in [2.05, 4.69) is 15.2 Å². The number of nitrogens with one attached hydrogen (secondary N) is 1. The fourth-order valence-electron chi connectivity index (χ4n) is 4.37. The van der Waals surface area contributed by atoms with Gasteiger partial charge in [0.15, 0.2) is 11.9 Å². The number of aliphatic hydroxyl groups is 1. The van der Waals surface area contributed by atoms with Gasteiger partial charge in [-0.3, -0.25) is 14.1 Å². The van der Waals surface area contributed by atoms with E-state index < -0.39 is 62.4 Å². The van der Waals surface area contributed by atoms with Gasteiger partial charge in [0.25, 0.3) is 0 Å². The summed E-state index contributed by atoms with van der Waals surface area (Å²) in [5, 5.41) is 28.4. The predicted octanol–water partition coefficient (Wildman–Crippen LogP) is 2.46. The van der Waals surface area contributed by atoms with Gasteiger partial charge in [-0.2, -0.15) is 15.4 Å². The largest absolute Gasteiger partial charge is 0.462 e. The number of carbonyl (C=O) groups excluding carboxylic acids is 2. The number of para-hydroxylation sites is 1. The quantitative estimate of drug-likeness (QED) is 0.197. The summed E-state index contributed by atoms with van der Waals surface area (Å²) in [7, 11) is -4.46. The topological polar surface area (TPSA) is 210 Å². The molecule has 0 unspecified atom stereocenters. The van der Waals surface area contributed by atoms with Crippen LogP contribution in [0.25, 0.3) is 5.52 Å². The average Bonchev–Trinajstić information content (AvgIpc) is 3.52. The zero-order chi connectivity index (χ0) is 31.4. The molecule has 3 heterocycles. The van der Waals surface area contributed by atoms with Crippen molar-refractivity contribution < 1.29 is 42.5 Å². The highest BCUT2D eigenvalue weighted by atomic mass is 31.2. The molecule has 1 aliphatic rings. The molecular formula is C27H33N6O9P. The second-order valence-electron chi connectivity index (χ2n) is 10.0. The van der Waals surface area contributed by atoms with E-state index in [9.17, 15) is 24.5 Å². The van der Waals surface area contributed by atoms with Crippen LogP contribution < -0.4 is 15.3 Å². The van der Waals surface area contributed by atoms with Crippen molar-refractivity contribution in [2.75, 3.05) is 12.3 Å². The highest BCUT2D eigenvalue weighted by molar-refractivity contribution is 7.52. The minimum atomic E-state index is -4.46. The minimum absolute atomic E-state index is 0.0687. The standard InChI is InChI=1S/C27H33N6O9P/c1-5-21(34)40-24-22(35)23(19-11-12-20-25(29)30-15-31-33(19)20)41-27(24,13-28)14-38-43(37,42-18-9-7-6-8-10-18)32-17(4)26(36)39-16(2)3/h6-12,15-17,22-24,35H,5,14H2,1-4H3,(H,32,37)(H2,29,30,31)/t17-,22-,23-,24-,27+,43-/m0/s1. The molecule has 0 saturated carbocycles. The van der Waals surface area contributed by atoms with Gasteiger partial charge in [-0.1, -0.05) is 25.1 Å². The SMILES string of the molecule is CCC(=O)O[C@H]1[C@@H](O)[C@H](c2ccc3c(N)ncnn23)O[C@]1(C#N)CO[P@@](=O)(N[C@@H](C)C(=O)OC(C)C)Oc1ccccc1. The Morgan fingerprint density at radius 1 is 1.26 bits per heavy atom. The van der Waals surface area contributed by atoms with E-state index in [4.69, 9.17) is 29.0 Å². The summed E-state index contributed by atoms with van der Waals surface area (Å²) in [6.45, 7) is 5.43. The zero-order valence-electron chi connectivity index (χ0n) is 23.9. The second-order valence-corrected chi connectivity index (χ2v) is 11.7. The van der Waals surface area contributed by atoms with Crippen LogP contribution in [0.4, 0.5) is 5.82 Å². The zero-order valence-corrected chi connectivity index (χ0v) is 24.8. The summed E-state index contributed by atoms with van der Waals surface area (Å²) in [5.41, 5.74) is 4.44. The molecule has 6 atom stereocenters. The summed E-state index contributed by atoms with van der Waals surface area (Å²) < 4.78 is 43.5. The molecule has 15 nitrogen and oxygen atoms in total. The van der Waals surface area contributed by atoms with Crippen molar-refractivity contribution in [1.82, 2.24) is 19.7 Å². The first-order chi connectivity index (χ1) is 20.4. The molecule has 0 spiro atoms. The number of benzene rings is 1. The van der Waals surface area contributed by atoms with Crippen molar-refractivity contribution in [2.45, 2.75) is 70.2 Å². The van der Waals surface area contributed by atoms with Gasteiger partial charge >= 0.3 is 19.7 Å². The number of carbonyl (C=O) groups is 2. The normalized spacial score (nSPS) is 23.8. The third-order valence-electron chi connectivity index (χ3n) is 6.43. The molecule has 16 heteroatoms. The van der Waals surface area contributed by atoms with E-state index in [1.807, 2.05) is 6.07 Å². The van der Waals surface area contributed by atoms with E-state index in [0.717, 1.165) is 0 Å². The van der Waals surface area contributed by atoms with E-state index >= 15 is 0 Å². The van der Waals surface area contributed by atoms with Gasteiger partial charge in [0.2, 0.25) is 5.60 Å². The van der Waals surface area contributed by atoms with Crippen LogP contribution in [0.1, 0.15) is 45.9 Å². The smallest absolute Gasteiger partial charge is 0.459 e. The minimum Gasteiger partial charge on any atom is -0.462 e. The van der Waals surface area contributed by atoms with Gasteiger partial charge in [-0.25, -0.2) is 14.1 Å². The summed E-state index contributed by atoms with van der Waals surface area (Å²) in [6.07, 6.45) is -3.75. The molecule has 230 valence electrons. The van der Waals surface area contributed by atoms with Crippen LogP contribution in [0.2, 0.25) is 0 Å². The maximum absolute atomic E-state index is 14.1. The average molecular weight is 617 g/mol. The number of hydrogen-bond acceptors (Lipinski definition) is 13. The Balaban J connectivity index is 1.68. The summed E-state index contributed by atoms with van der Waals surface area (Å²) in [4.78, 5) is 28.8. The van der Waals surface area contributed by atoms with E-state index in [-0.39, 0.29) is 23.7 Å². The number of nitrogen functional groups attached to an aromatic ring is 1. The Morgan fingerprint density at radius 2 is 1.98 bits per heavy atom. The van der Waals surface area contributed by atoms with E-state index in [1.165, 1.54) is 36.8 Å². The lowest BCUT2D eigenvalue weighted by molar-refractivity contribution is -0.160. The first kappa shape index (κ1) is 31.9. The molecule has 4 rings (SSSR count). The van der Waals surface area contributed by atoms with Crippen molar-refractivity contribution in [3.8, 4) is 11.8 Å². The van der Waals surface area contributed by atoms with Crippen LogP contribution in [0.15, 0.2) is 48.8 Å². The number of fused-ring (bicyclic) bond motifs is 1. The molecule has 2 aromatic heterocycles. The van der Waals surface area contributed by atoms with Crippen molar-refractivity contribution in [3.05, 3.63) is 54.5 Å². The Morgan fingerprint density at radius 3 is 2.63 bits per heavy atom. The van der Waals surface area contributed by atoms with Gasteiger partial charge in [0.05, 0.1) is 11.8 Å². The van der Waals surface area contributed by atoms with Gasteiger partial charge in [0.1, 0.15) is 48.5 Å². The highest BCUT2D eigenvalue weighted by Crippen LogP contribution is 2.49. The van der Waals surface area contributed by atoms with Crippen molar-refractivity contribution >= 4 is 31.0 Å². The highest BCUT2D eigenvalue weighted by Gasteiger charge is 2.60. The summed E-state index contributed by atoms with van der Waals surface area (Å²) in [5.74, 6) is -1.17. The molecule has 0 aliphatic carbocycles. The maximum Gasteiger partial charge on any atom is 0.459 e. The van der Waals surface area contributed by atoms with Gasteiger partial charge < -0.3 is 29.6 Å². The number of aromatic nitrogens is 3.